The lowest BCUT2D eigenvalue weighted by Crippen LogP contribution is -2.10. The van der Waals surface area contributed by atoms with Gasteiger partial charge in [-0.2, -0.15) is 0 Å². The molecule has 0 aliphatic heterocycles. The maximum atomic E-state index is 4.21. The Kier molecular flexibility index (Phi) is 2.70. The fraction of sp³-hybridized carbons (Fsp3) is 0.273. The van der Waals surface area contributed by atoms with Gasteiger partial charge in [0.05, 0.1) is 0 Å². The number of nitrogens with zero attached hydrogens (tertiary/aromatic N) is 2. The summed E-state index contributed by atoms with van der Waals surface area (Å²) in [5, 5.41) is 5.50. The van der Waals surface area contributed by atoms with Crippen molar-refractivity contribution < 1.29 is 0 Å². The van der Waals surface area contributed by atoms with Crippen LogP contribution in [0.15, 0.2) is 30.9 Å². The number of hydrogen-bond donors (Lipinski definition) is 1. The molecule has 1 N–H and O–H groups in total. The summed E-state index contributed by atoms with van der Waals surface area (Å²) in [7, 11) is 1.96. The highest BCUT2D eigenvalue weighted by Crippen LogP contribution is 2.15. The fourth-order valence-corrected chi connectivity index (χ4v) is 1.52. The molecule has 0 bridgehead atoms. The lowest BCUT2D eigenvalue weighted by molar-refractivity contribution is 0.793. The topological polar surface area (TPSA) is 37.8 Å². The van der Waals surface area contributed by atoms with E-state index >= 15 is 0 Å². The molecule has 0 saturated heterocycles. The molecule has 0 amide bonds. The van der Waals surface area contributed by atoms with Crippen molar-refractivity contribution in [3.63, 3.8) is 0 Å². The number of fused-ring (bicyclic) bond motifs is 1. The van der Waals surface area contributed by atoms with E-state index in [1.54, 1.807) is 6.20 Å². The molecule has 0 saturated carbocycles. The Bertz CT molecular complexity index is 420. The van der Waals surface area contributed by atoms with E-state index in [1.165, 1.54) is 10.9 Å². The Morgan fingerprint density at radius 1 is 1.21 bits per heavy atom. The lowest BCUT2D eigenvalue weighted by Gasteiger charge is -2.04. The third-order valence-electron chi connectivity index (χ3n) is 2.29. The summed E-state index contributed by atoms with van der Waals surface area (Å²) < 4.78 is 0. The lowest BCUT2D eigenvalue weighted by atomic mass is 10.1. The molecule has 2 aromatic heterocycles. The summed E-state index contributed by atoms with van der Waals surface area (Å²) in [5.74, 6) is 0. The zero-order valence-electron chi connectivity index (χ0n) is 8.20. The van der Waals surface area contributed by atoms with Crippen LogP contribution < -0.4 is 5.32 Å². The van der Waals surface area contributed by atoms with Crippen molar-refractivity contribution in [3.8, 4) is 0 Å². The number of pyridine rings is 2. The number of nitrogens with one attached hydrogen (secondary N) is 1. The molecule has 0 aliphatic carbocycles. The van der Waals surface area contributed by atoms with E-state index in [0.717, 1.165) is 18.4 Å². The summed E-state index contributed by atoms with van der Waals surface area (Å²) in [6.07, 6.45) is 8.49. The quantitative estimate of drug-likeness (QED) is 0.789. The first-order valence-corrected chi connectivity index (χ1v) is 4.73. The van der Waals surface area contributed by atoms with E-state index in [-0.39, 0.29) is 0 Å². The molecule has 2 rings (SSSR count). The van der Waals surface area contributed by atoms with Crippen LogP contribution in [0.25, 0.3) is 10.8 Å². The molecular formula is C11H13N3. The first-order valence-electron chi connectivity index (χ1n) is 4.73. The van der Waals surface area contributed by atoms with Gasteiger partial charge in [-0.15, -0.1) is 0 Å². The van der Waals surface area contributed by atoms with Crippen molar-refractivity contribution in [1.82, 2.24) is 15.3 Å². The average Bonchev–Trinajstić information content (AvgIpc) is 2.26. The van der Waals surface area contributed by atoms with E-state index in [2.05, 4.69) is 15.3 Å². The van der Waals surface area contributed by atoms with Gasteiger partial charge >= 0.3 is 0 Å². The number of likely N-dealkylation sites (N-methyl/N-ethyl adjacent to an activating group) is 1. The Morgan fingerprint density at radius 2 is 2.14 bits per heavy atom. The largest absolute Gasteiger partial charge is 0.319 e. The van der Waals surface area contributed by atoms with Crippen molar-refractivity contribution in [3.05, 3.63) is 36.4 Å². The van der Waals surface area contributed by atoms with Crippen molar-refractivity contribution in [2.45, 2.75) is 6.42 Å². The average molecular weight is 187 g/mol. The van der Waals surface area contributed by atoms with Gasteiger partial charge in [0.15, 0.2) is 0 Å². The van der Waals surface area contributed by atoms with Gasteiger partial charge in [0, 0.05) is 35.6 Å². The Balaban J connectivity index is 2.43. The monoisotopic (exact) mass is 187 g/mol. The number of aromatic nitrogens is 2. The van der Waals surface area contributed by atoms with Gasteiger partial charge in [-0.3, -0.25) is 9.97 Å². The predicted octanol–water partition coefficient (Wildman–Crippen LogP) is 1.39. The highest BCUT2D eigenvalue weighted by molar-refractivity contribution is 5.83. The van der Waals surface area contributed by atoms with Gasteiger partial charge in [-0.1, -0.05) is 0 Å². The summed E-state index contributed by atoms with van der Waals surface area (Å²) >= 11 is 0. The molecule has 0 atom stereocenters. The molecule has 2 aromatic rings. The van der Waals surface area contributed by atoms with Crippen molar-refractivity contribution in [2.24, 2.45) is 0 Å². The van der Waals surface area contributed by atoms with E-state index in [4.69, 9.17) is 0 Å². The normalized spacial score (nSPS) is 10.6. The second-order valence-electron chi connectivity index (χ2n) is 3.25. The molecule has 3 nitrogen and oxygen atoms in total. The van der Waals surface area contributed by atoms with Crippen LogP contribution in [0.3, 0.4) is 0 Å². The summed E-state index contributed by atoms with van der Waals surface area (Å²) in [4.78, 5) is 8.34. The maximum Gasteiger partial charge on any atom is 0.0350 e. The van der Waals surface area contributed by atoms with E-state index in [0.29, 0.717) is 0 Å². The predicted molar refractivity (Wildman–Crippen MR) is 57.2 cm³/mol. The standard InChI is InChI=1S/C11H13N3/c1-12-4-2-9-6-14-7-10-3-5-13-8-11(9)10/h3,5-8,12H,2,4H2,1H3. The maximum absolute atomic E-state index is 4.21. The minimum Gasteiger partial charge on any atom is -0.319 e. The van der Waals surface area contributed by atoms with Crippen LogP contribution >= 0.6 is 0 Å². The molecule has 14 heavy (non-hydrogen) atoms. The van der Waals surface area contributed by atoms with Crippen LogP contribution in [0.4, 0.5) is 0 Å². The second kappa shape index (κ2) is 4.15. The van der Waals surface area contributed by atoms with Crippen LogP contribution in [-0.2, 0) is 6.42 Å². The van der Waals surface area contributed by atoms with E-state index in [1.807, 2.05) is 31.7 Å². The second-order valence-corrected chi connectivity index (χ2v) is 3.25. The molecule has 0 spiro atoms. The van der Waals surface area contributed by atoms with Crippen LogP contribution in [0.2, 0.25) is 0 Å². The fourth-order valence-electron chi connectivity index (χ4n) is 1.52. The first-order chi connectivity index (χ1) is 6.92. The van der Waals surface area contributed by atoms with Crippen molar-refractivity contribution >= 4 is 10.8 Å². The van der Waals surface area contributed by atoms with Gasteiger partial charge in [0.1, 0.15) is 0 Å². The molecular weight excluding hydrogens is 174 g/mol. The molecule has 3 heteroatoms. The zero-order valence-corrected chi connectivity index (χ0v) is 8.20. The van der Waals surface area contributed by atoms with Gasteiger partial charge in [0.2, 0.25) is 0 Å². The first kappa shape index (κ1) is 9.09. The minimum atomic E-state index is 0.968. The van der Waals surface area contributed by atoms with Crippen molar-refractivity contribution in [1.29, 1.82) is 0 Å². The van der Waals surface area contributed by atoms with Crippen LogP contribution in [0.1, 0.15) is 5.56 Å². The van der Waals surface area contributed by atoms with Crippen LogP contribution in [0, 0.1) is 0 Å². The van der Waals surface area contributed by atoms with Crippen LogP contribution in [0.5, 0.6) is 0 Å². The Labute approximate surface area is 83.2 Å². The smallest absolute Gasteiger partial charge is 0.0350 e. The molecule has 0 aromatic carbocycles. The van der Waals surface area contributed by atoms with Crippen molar-refractivity contribution in [2.75, 3.05) is 13.6 Å². The van der Waals surface area contributed by atoms with Gasteiger partial charge < -0.3 is 5.32 Å². The van der Waals surface area contributed by atoms with E-state index < -0.39 is 0 Å². The molecule has 0 fully saturated rings. The molecule has 0 radical (unpaired) electrons. The summed E-state index contributed by atoms with van der Waals surface area (Å²) in [6.45, 7) is 0.968. The Morgan fingerprint density at radius 3 is 3.00 bits per heavy atom. The number of hydrogen-bond acceptors (Lipinski definition) is 3. The highest BCUT2D eigenvalue weighted by Gasteiger charge is 1.99. The number of rotatable bonds is 3. The highest BCUT2D eigenvalue weighted by atomic mass is 14.8. The van der Waals surface area contributed by atoms with Gasteiger partial charge in [0.25, 0.3) is 0 Å². The minimum absolute atomic E-state index is 0.968. The van der Waals surface area contributed by atoms with Gasteiger partial charge in [-0.25, -0.2) is 0 Å². The molecule has 2 heterocycles. The third kappa shape index (κ3) is 1.72. The molecule has 72 valence electrons. The van der Waals surface area contributed by atoms with Gasteiger partial charge in [-0.05, 0) is 31.6 Å². The SMILES string of the molecule is CNCCc1cncc2ccncc12. The van der Waals surface area contributed by atoms with Crippen LogP contribution in [-0.4, -0.2) is 23.6 Å². The molecule has 0 unspecified atom stereocenters. The Hall–Kier alpha value is -1.48. The molecule has 0 aliphatic rings. The zero-order chi connectivity index (χ0) is 9.80. The summed E-state index contributed by atoms with van der Waals surface area (Å²) in [5.41, 5.74) is 1.25. The summed E-state index contributed by atoms with van der Waals surface area (Å²) in [6, 6.07) is 1.99. The third-order valence-corrected chi connectivity index (χ3v) is 2.29. The van der Waals surface area contributed by atoms with E-state index in [9.17, 15) is 0 Å².